The summed E-state index contributed by atoms with van der Waals surface area (Å²) in [5.74, 6) is 0.314. The first-order valence-corrected chi connectivity index (χ1v) is 7.70. The molecular weight excluding hydrogens is 272 g/mol. The highest BCUT2D eigenvalue weighted by molar-refractivity contribution is 5.97. The number of hydrogen-bond donors (Lipinski definition) is 0. The number of hydrogen-bond acceptors (Lipinski definition) is 2. The van der Waals surface area contributed by atoms with Gasteiger partial charge in [-0.1, -0.05) is 62.4 Å². The minimum absolute atomic E-state index is 0.0330. The van der Waals surface area contributed by atoms with Crippen LogP contribution in [0.25, 0.3) is 0 Å². The van der Waals surface area contributed by atoms with Gasteiger partial charge in [-0.25, -0.2) is 0 Å². The Morgan fingerprint density at radius 1 is 0.773 bits per heavy atom. The molecule has 0 bridgehead atoms. The second-order valence-electron chi connectivity index (χ2n) is 5.97. The number of ketones is 2. The highest BCUT2D eigenvalue weighted by Gasteiger charge is 2.09. The lowest BCUT2D eigenvalue weighted by molar-refractivity contribution is 0.0938. The predicted molar refractivity (Wildman–Crippen MR) is 89.5 cm³/mol. The quantitative estimate of drug-likeness (QED) is 0.734. The lowest BCUT2D eigenvalue weighted by Gasteiger charge is -2.06. The van der Waals surface area contributed by atoms with E-state index in [1.807, 2.05) is 62.4 Å². The van der Waals surface area contributed by atoms with Crippen molar-refractivity contribution >= 4 is 11.6 Å². The molecule has 2 rings (SSSR count). The highest BCUT2D eigenvalue weighted by Crippen LogP contribution is 2.13. The normalized spacial score (nSPS) is 10.7. The van der Waals surface area contributed by atoms with Crippen LogP contribution in [0.2, 0.25) is 0 Å². The van der Waals surface area contributed by atoms with Gasteiger partial charge >= 0.3 is 0 Å². The van der Waals surface area contributed by atoms with E-state index in [9.17, 15) is 9.59 Å². The molecule has 114 valence electrons. The molecule has 2 heteroatoms. The predicted octanol–water partition coefficient (Wildman–Crippen LogP) is 4.51. The topological polar surface area (TPSA) is 34.1 Å². The molecule has 0 radical (unpaired) electrons. The minimum Gasteiger partial charge on any atom is -0.295 e. The van der Waals surface area contributed by atoms with Gasteiger partial charge in [0.25, 0.3) is 0 Å². The Morgan fingerprint density at radius 3 is 1.55 bits per heavy atom. The average Bonchev–Trinajstić information content (AvgIpc) is 2.53. The van der Waals surface area contributed by atoms with Crippen LogP contribution < -0.4 is 0 Å². The second kappa shape index (κ2) is 7.17. The van der Waals surface area contributed by atoms with Crippen molar-refractivity contribution in [2.45, 2.75) is 33.6 Å². The van der Waals surface area contributed by atoms with Crippen LogP contribution in [0.5, 0.6) is 0 Å². The molecule has 22 heavy (non-hydrogen) atoms. The SMILES string of the molecule is CC(=O)c1ccc(CCc2ccc(C(=O)C(C)C)cc2)cc1. The summed E-state index contributed by atoms with van der Waals surface area (Å²) in [5.41, 5.74) is 3.97. The zero-order valence-electron chi connectivity index (χ0n) is 13.4. The van der Waals surface area contributed by atoms with Gasteiger partial charge in [0.1, 0.15) is 0 Å². The maximum Gasteiger partial charge on any atom is 0.165 e. The number of carbonyl (C=O) groups excluding carboxylic acids is 2. The summed E-state index contributed by atoms with van der Waals surface area (Å²) >= 11 is 0. The molecule has 0 aliphatic heterocycles. The second-order valence-corrected chi connectivity index (χ2v) is 5.97. The molecule has 0 aromatic heterocycles. The maximum absolute atomic E-state index is 11.9. The van der Waals surface area contributed by atoms with Crippen molar-refractivity contribution in [3.8, 4) is 0 Å². The molecule has 2 aromatic rings. The largest absolute Gasteiger partial charge is 0.295 e. The fraction of sp³-hybridized carbons (Fsp3) is 0.300. The van der Waals surface area contributed by atoms with Crippen LogP contribution in [-0.2, 0) is 12.8 Å². The number of Topliss-reactive ketones (excluding diaryl/α,β-unsaturated/α-hetero) is 2. The van der Waals surface area contributed by atoms with Gasteiger partial charge in [-0.15, -0.1) is 0 Å². The van der Waals surface area contributed by atoms with E-state index in [-0.39, 0.29) is 17.5 Å². The summed E-state index contributed by atoms with van der Waals surface area (Å²) in [6.45, 7) is 5.41. The Kier molecular flexibility index (Phi) is 5.26. The molecule has 0 saturated heterocycles. The summed E-state index contributed by atoms with van der Waals surface area (Å²) in [6.07, 6.45) is 1.85. The van der Waals surface area contributed by atoms with Crippen LogP contribution in [0.4, 0.5) is 0 Å². The van der Waals surface area contributed by atoms with E-state index in [1.165, 1.54) is 11.1 Å². The smallest absolute Gasteiger partial charge is 0.165 e. The number of aryl methyl sites for hydroxylation is 2. The maximum atomic E-state index is 11.9. The van der Waals surface area contributed by atoms with E-state index in [0.717, 1.165) is 24.0 Å². The van der Waals surface area contributed by atoms with Crippen molar-refractivity contribution < 1.29 is 9.59 Å². The van der Waals surface area contributed by atoms with E-state index in [4.69, 9.17) is 0 Å². The lowest BCUT2D eigenvalue weighted by Crippen LogP contribution is -2.07. The summed E-state index contributed by atoms with van der Waals surface area (Å²) < 4.78 is 0. The van der Waals surface area contributed by atoms with Gasteiger partial charge in [-0.3, -0.25) is 9.59 Å². The number of benzene rings is 2. The third kappa shape index (κ3) is 4.14. The van der Waals surface area contributed by atoms with Crippen LogP contribution in [0.1, 0.15) is 52.6 Å². The lowest BCUT2D eigenvalue weighted by atomic mass is 9.98. The molecule has 0 N–H and O–H groups in total. The molecule has 0 amide bonds. The first kappa shape index (κ1) is 16.2. The van der Waals surface area contributed by atoms with Crippen molar-refractivity contribution in [1.29, 1.82) is 0 Å². The van der Waals surface area contributed by atoms with Crippen molar-refractivity contribution in [1.82, 2.24) is 0 Å². The molecule has 0 heterocycles. The van der Waals surface area contributed by atoms with E-state index in [0.29, 0.717) is 0 Å². The molecule has 2 aromatic carbocycles. The Bertz CT molecular complexity index is 649. The van der Waals surface area contributed by atoms with Crippen LogP contribution >= 0.6 is 0 Å². The van der Waals surface area contributed by atoms with E-state index in [1.54, 1.807) is 6.92 Å². The van der Waals surface area contributed by atoms with Crippen molar-refractivity contribution in [2.24, 2.45) is 5.92 Å². The van der Waals surface area contributed by atoms with Crippen molar-refractivity contribution in [3.05, 3.63) is 70.8 Å². The molecule has 0 spiro atoms. The number of rotatable bonds is 6. The van der Waals surface area contributed by atoms with Gasteiger partial charge < -0.3 is 0 Å². The van der Waals surface area contributed by atoms with E-state index >= 15 is 0 Å². The zero-order chi connectivity index (χ0) is 16.1. The van der Waals surface area contributed by atoms with E-state index in [2.05, 4.69) is 0 Å². The summed E-state index contributed by atoms with van der Waals surface area (Å²) in [4.78, 5) is 23.1. The van der Waals surface area contributed by atoms with Gasteiger partial charge in [0, 0.05) is 17.0 Å². The summed E-state index contributed by atoms with van der Waals surface area (Å²) in [5, 5.41) is 0. The fourth-order valence-corrected chi connectivity index (χ4v) is 2.36. The van der Waals surface area contributed by atoms with Gasteiger partial charge in [0.15, 0.2) is 11.6 Å². The summed E-state index contributed by atoms with van der Waals surface area (Å²) in [6, 6.07) is 15.6. The van der Waals surface area contributed by atoms with E-state index < -0.39 is 0 Å². The molecule has 2 nitrogen and oxygen atoms in total. The highest BCUT2D eigenvalue weighted by atomic mass is 16.1. The Morgan fingerprint density at radius 2 is 1.18 bits per heavy atom. The molecular formula is C20H22O2. The van der Waals surface area contributed by atoms with Gasteiger partial charge in [-0.05, 0) is 30.9 Å². The van der Waals surface area contributed by atoms with Crippen LogP contribution in [0.15, 0.2) is 48.5 Å². The molecule has 0 unspecified atom stereocenters. The third-order valence-corrected chi connectivity index (χ3v) is 3.83. The molecule has 0 fully saturated rings. The fourth-order valence-electron chi connectivity index (χ4n) is 2.36. The monoisotopic (exact) mass is 294 g/mol. The average molecular weight is 294 g/mol. The Hall–Kier alpha value is -2.22. The first-order chi connectivity index (χ1) is 10.5. The van der Waals surface area contributed by atoms with Crippen molar-refractivity contribution in [3.63, 3.8) is 0 Å². The van der Waals surface area contributed by atoms with Crippen LogP contribution in [0.3, 0.4) is 0 Å². The zero-order valence-corrected chi connectivity index (χ0v) is 13.4. The standard InChI is InChI=1S/C20H22O2/c1-14(2)20(22)19-12-8-17(9-13-19)5-4-16-6-10-18(11-7-16)15(3)21/h6-14H,4-5H2,1-3H3. The van der Waals surface area contributed by atoms with Crippen LogP contribution in [-0.4, -0.2) is 11.6 Å². The number of carbonyl (C=O) groups is 2. The molecule has 0 atom stereocenters. The molecule has 0 aliphatic rings. The van der Waals surface area contributed by atoms with Crippen molar-refractivity contribution in [2.75, 3.05) is 0 Å². The molecule has 0 saturated carbocycles. The minimum atomic E-state index is 0.0330. The Labute approximate surface area is 132 Å². The first-order valence-electron chi connectivity index (χ1n) is 7.70. The third-order valence-electron chi connectivity index (χ3n) is 3.83. The van der Waals surface area contributed by atoms with Crippen LogP contribution in [0, 0.1) is 5.92 Å². The Balaban J connectivity index is 1.97. The van der Waals surface area contributed by atoms with Gasteiger partial charge in [-0.2, -0.15) is 0 Å². The molecule has 0 aliphatic carbocycles. The van der Waals surface area contributed by atoms with Gasteiger partial charge in [0.2, 0.25) is 0 Å². The van der Waals surface area contributed by atoms with Gasteiger partial charge in [0.05, 0.1) is 0 Å². The summed E-state index contributed by atoms with van der Waals surface area (Å²) in [7, 11) is 0.